The number of carbonyl (C=O) groups excluding carboxylic acids is 3. The van der Waals surface area contributed by atoms with Crippen LogP contribution in [0, 0.1) is 0 Å². The highest BCUT2D eigenvalue weighted by Crippen LogP contribution is 2.32. The molecule has 4 aromatic rings. The van der Waals surface area contributed by atoms with Crippen molar-refractivity contribution < 1.29 is 19.1 Å². The van der Waals surface area contributed by atoms with Gasteiger partial charge in [-0.2, -0.15) is 0 Å². The van der Waals surface area contributed by atoms with Gasteiger partial charge in [0.25, 0.3) is 11.8 Å². The van der Waals surface area contributed by atoms with Crippen molar-refractivity contribution in [2.24, 2.45) is 0 Å². The molecule has 1 fully saturated rings. The first-order valence-electron chi connectivity index (χ1n) is 10.9. The van der Waals surface area contributed by atoms with Gasteiger partial charge in [0.2, 0.25) is 0 Å². The number of imide groups is 2. The van der Waals surface area contributed by atoms with E-state index in [0.29, 0.717) is 28.6 Å². The number of halogens is 1. The average molecular weight is 483 g/mol. The first kappa shape index (κ1) is 22.4. The number of fused-ring (bicyclic) bond motifs is 1. The number of urea groups is 1. The SMILES string of the molecule is O=C1NC(=O)N(c2ccc(Cl)cc2)C(=O)/C1=C/c1c(OCc2ccccc2)ccc2ccccc12. The lowest BCUT2D eigenvalue weighted by Gasteiger charge is -2.26. The minimum atomic E-state index is -0.821. The molecule has 35 heavy (non-hydrogen) atoms. The Morgan fingerprint density at radius 1 is 0.829 bits per heavy atom. The maximum absolute atomic E-state index is 13.4. The van der Waals surface area contributed by atoms with Crippen molar-refractivity contribution >= 4 is 52.0 Å². The minimum absolute atomic E-state index is 0.180. The van der Waals surface area contributed by atoms with Crippen LogP contribution in [-0.4, -0.2) is 17.8 Å². The van der Waals surface area contributed by atoms with Crippen LogP contribution < -0.4 is 15.0 Å². The molecule has 0 spiro atoms. The van der Waals surface area contributed by atoms with E-state index in [-0.39, 0.29) is 5.57 Å². The fraction of sp³-hybridized carbons (Fsp3) is 0.0357. The van der Waals surface area contributed by atoms with Crippen molar-refractivity contribution in [2.75, 3.05) is 4.90 Å². The van der Waals surface area contributed by atoms with Gasteiger partial charge in [0.1, 0.15) is 17.9 Å². The molecular weight excluding hydrogens is 464 g/mol. The highest BCUT2D eigenvalue weighted by Gasteiger charge is 2.37. The second-order valence-corrected chi connectivity index (χ2v) is 8.34. The summed E-state index contributed by atoms with van der Waals surface area (Å²) in [6, 6.07) is 26.4. The second kappa shape index (κ2) is 9.44. The van der Waals surface area contributed by atoms with Crippen molar-refractivity contribution in [3.8, 4) is 5.75 Å². The Kier molecular flexibility index (Phi) is 6.04. The Balaban J connectivity index is 1.58. The summed E-state index contributed by atoms with van der Waals surface area (Å²) in [6.45, 7) is 0.310. The van der Waals surface area contributed by atoms with Crippen LogP contribution in [0.1, 0.15) is 11.1 Å². The topological polar surface area (TPSA) is 75.7 Å². The normalized spacial score (nSPS) is 14.9. The molecule has 0 unspecified atom stereocenters. The predicted octanol–water partition coefficient (Wildman–Crippen LogP) is 5.74. The lowest BCUT2D eigenvalue weighted by atomic mass is 9.99. The molecule has 5 rings (SSSR count). The van der Waals surface area contributed by atoms with Crippen LogP contribution in [0.25, 0.3) is 16.8 Å². The molecule has 0 saturated carbocycles. The fourth-order valence-corrected chi connectivity index (χ4v) is 4.04. The molecule has 1 saturated heterocycles. The minimum Gasteiger partial charge on any atom is -0.488 e. The number of amides is 4. The first-order chi connectivity index (χ1) is 17.0. The van der Waals surface area contributed by atoms with Gasteiger partial charge >= 0.3 is 6.03 Å². The molecule has 0 aliphatic carbocycles. The molecule has 1 aliphatic heterocycles. The van der Waals surface area contributed by atoms with Crippen LogP contribution in [0.5, 0.6) is 5.75 Å². The molecule has 1 N–H and O–H groups in total. The third kappa shape index (κ3) is 4.52. The fourth-order valence-electron chi connectivity index (χ4n) is 3.91. The van der Waals surface area contributed by atoms with Crippen LogP contribution in [0.2, 0.25) is 5.02 Å². The molecule has 1 aliphatic rings. The van der Waals surface area contributed by atoms with Gasteiger partial charge in [0.15, 0.2) is 0 Å². The van der Waals surface area contributed by atoms with Crippen LogP contribution in [0.4, 0.5) is 10.5 Å². The number of nitrogens with one attached hydrogen (secondary N) is 1. The van der Waals surface area contributed by atoms with E-state index in [0.717, 1.165) is 21.2 Å². The van der Waals surface area contributed by atoms with E-state index in [2.05, 4.69) is 5.32 Å². The summed E-state index contributed by atoms with van der Waals surface area (Å²) in [5.41, 5.74) is 1.67. The second-order valence-electron chi connectivity index (χ2n) is 7.91. The van der Waals surface area contributed by atoms with Crippen molar-refractivity contribution in [1.82, 2.24) is 5.32 Å². The molecule has 172 valence electrons. The summed E-state index contributed by atoms with van der Waals surface area (Å²) >= 11 is 5.95. The molecular formula is C28H19ClN2O4. The third-order valence-electron chi connectivity index (χ3n) is 5.64. The van der Waals surface area contributed by atoms with Gasteiger partial charge in [0.05, 0.1) is 5.69 Å². The van der Waals surface area contributed by atoms with Crippen molar-refractivity contribution in [2.45, 2.75) is 6.61 Å². The van der Waals surface area contributed by atoms with Crippen molar-refractivity contribution in [3.05, 3.63) is 113 Å². The van der Waals surface area contributed by atoms with E-state index in [9.17, 15) is 14.4 Å². The Morgan fingerprint density at radius 2 is 1.54 bits per heavy atom. The number of barbiturate groups is 1. The zero-order valence-corrected chi connectivity index (χ0v) is 19.2. The van der Waals surface area contributed by atoms with Gasteiger partial charge < -0.3 is 4.74 Å². The zero-order chi connectivity index (χ0) is 24.4. The maximum atomic E-state index is 13.4. The number of rotatable bonds is 5. The van der Waals surface area contributed by atoms with E-state index in [1.807, 2.05) is 66.7 Å². The Bertz CT molecular complexity index is 1480. The van der Waals surface area contributed by atoms with Crippen LogP contribution in [0.3, 0.4) is 0 Å². The summed E-state index contributed by atoms with van der Waals surface area (Å²) in [7, 11) is 0. The number of benzene rings is 4. The summed E-state index contributed by atoms with van der Waals surface area (Å²) in [5, 5.41) is 4.44. The first-order valence-corrected chi connectivity index (χ1v) is 11.2. The van der Waals surface area contributed by atoms with Crippen LogP contribution >= 0.6 is 11.6 Å². The molecule has 1 heterocycles. The van der Waals surface area contributed by atoms with E-state index < -0.39 is 17.8 Å². The molecule has 0 radical (unpaired) electrons. The smallest absolute Gasteiger partial charge is 0.335 e. The molecule has 6 nitrogen and oxygen atoms in total. The predicted molar refractivity (Wildman–Crippen MR) is 135 cm³/mol. The largest absolute Gasteiger partial charge is 0.488 e. The Hall–Kier alpha value is -4.42. The number of hydrogen-bond acceptors (Lipinski definition) is 4. The van der Waals surface area contributed by atoms with Gasteiger partial charge in [-0.15, -0.1) is 0 Å². The maximum Gasteiger partial charge on any atom is 0.335 e. The highest BCUT2D eigenvalue weighted by atomic mass is 35.5. The molecule has 0 aromatic heterocycles. The summed E-state index contributed by atoms with van der Waals surface area (Å²) in [5.74, 6) is -0.995. The average Bonchev–Trinajstić information content (AvgIpc) is 2.87. The molecule has 4 amide bonds. The summed E-state index contributed by atoms with van der Waals surface area (Å²) in [6.07, 6.45) is 1.48. The number of anilines is 1. The van der Waals surface area contributed by atoms with E-state index in [4.69, 9.17) is 16.3 Å². The number of ether oxygens (including phenoxy) is 1. The van der Waals surface area contributed by atoms with E-state index in [1.165, 1.54) is 6.08 Å². The van der Waals surface area contributed by atoms with Gasteiger partial charge in [-0.3, -0.25) is 14.9 Å². The quantitative estimate of drug-likeness (QED) is 0.291. The van der Waals surface area contributed by atoms with Gasteiger partial charge in [-0.1, -0.05) is 72.3 Å². The highest BCUT2D eigenvalue weighted by molar-refractivity contribution is 6.39. The van der Waals surface area contributed by atoms with E-state index in [1.54, 1.807) is 24.3 Å². The van der Waals surface area contributed by atoms with Gasteiger partial charge in [0, 0.05) is 10.6 Å². The Morgan fingerprint density at radius 3 is 2.31 bits per heavy atom. The van der Waals surface area contributed by atoms with Crippen molar-refractivity contribution in [3.63, 3.8) is 0 Å². The summed E-state index contributed by atoms with van der Waals surface area (Å²) < 4.78 is 6.11. The third-order valence-corrected chi connectivity index (χ3v) is 5.90. The standard InChI is InChI=1S/C28H19ClN2O4/c29-20-11-13-21(14-12-20)31-27(33)24(26(32)30-28(31)34)16-23-22-9-5-4-8-19(22)10-15-25(23)35-17-18-6-2-1-3-7-18/h1-16H,17H2,(H,30,32,34)/b24-16+. The number of nitrogens with zero attached hydrogens (tertiary/aromatic N) is 1. The number of carbonyl (C=O) groups is 3. The zero-order valence-electron chi connectivity index (χ0n) is 18.4. The molecule has 7 heteroatoms. The molecule has 0 bridgehead atoms. The van der Waals surface area contributed by atoms with Gasteiger partial charge in [-0.05, 0) is 52.7 Å². The molecule has 4 aromatic carbocycles. The lowest BCUT2D eigenvalue weighted by Crippen LogP contribution is -2.54. The lowest BCUT2D eigenvalue weighted by molar-refractivity contribution is -0.122. The van der Waals surface area contributed by atoms with Crippen LogP contribution in [-0.2, 0) is 16.2 Å². The van der Waals surface area contributed by atoms with Crippen LogP contribution in [0.15, 0.2) is 96.6 Å². The molecule has 0 atom stereocenters. The number of hydrogen-bond donors (Lipinski definition) is 1. The summed E-state index contributed by atoms with van der Waals surface area (Å²) in [4.78, 5) is 39.6. The van der Waals surface area contributed by atoms with E-state index >= 15 is 0 Å². The van der Waals surface area contributed by atoms with Gasteiger partial charge in [-0.25, -0.2) is 9.69 Å². The Labute approximate surface area is 206 Å². The van der Waals surface area contributed by atoms with Crippen molar-refractivity contribution in [1.29, 1.82) is 0 Å². The monoisotopic (exact) mass is 482 g/mol.